The highest BCUT2D eigenvalue weighted by Gasteiger charge is 2.22. The van der Waals surface area contributed by atoms with Crippen molar-refractivity contribution in [2.75, 3.05) is 11.5 Å². The first-order valence-electron chi connectivity index (χ1n) is 6.96. The Bertz CT molecular complexity index is 654. The quantitative estimate of drug-likeness (QED) is 0.919. The summed E-state index contributed by atoms with van der Waals surface area (Å²) in [6.07, 6.45) is 0. The molecule has 0 fully saturated rings. The molecule has 1 atom stereocenters. The van der Waals surface area contributed by atoms with Crippen LogP contribution < -0.4 is 9.64 Å². The first-order chi connectivity index (χ1) is 10.1. The lowest BCUT2D eigenvalue weighted by Crippen LogP contribution is -2.34. The fourth-order valence-electron chi connectivity index (χ4n) is 2.56. The van der Waals surface area contributed by atoms with Crippen LogP contribution in [-0.4, -0.2) is 23.7 Å². The van der Waals surface area contributed by atoms with Crippen LogP contribution in [0.4, 0.5) is 5.69 Å². The van der Waals surface area contributed by atoms with Crippen LogP contribution in [0.5, 0.6) is 5.75 Å². The molecule has 1 aliphatic rings. The highest BCUT2D eigenvalue weighted by Crippen LogP contribution is 2.29. The van der Waals surface area contributed by atoms with Gasteiger partial charge >= 0.3 is 5.97 Å². The normalized spacial score (nSPS) is 17.6. The molecule has 0 saturated heterocycles. The minimum Gasteiger partial charge on any atom is -0.491 e. The second kappa shape index (κ2) is 5.48. The smallest absolute Gasteiger partial charge is 0.335 e. The van der Waals surface area contributed by atoms with Crippen molar-refractivity contribution in [3.63, 3.8) is 0 Å². The number of ether oxygens (including phenoxy) is 1. The lowest BCUT2D eigenvalue weighted by molar-refractivity contribution is 0.0696. The molecule has 1 heterocycles. The SMILES string of the molecule is C[C@H]1COc2cc(C(=O)O)ccc2CN1c1ccccc1. The summed E-state index contributed by atoms with van der Waals surface area (Å²) in [4.78, 5) is 13.3. The number of benzene rings is 2. The maximum Gasteiger partial charge on any atom is 0.335 e. The number of para-hydroxylation sites is 1. The summed E-state index contributed by atoms with van der Waals surface area (Å²) in [5.41, 5.74) is 2.41. The summed E-state index contributed by atoms with van der Waals surface area (Å²) in [5.74, 6) is -0.265. The molecule has 4 nitrogen and oxygen atoms in total. The number of aromatic carboxylic acids is 1. The van der Waals surface area contributed by atoms with Crippen LogP contribution in [0, 0.1) is 0 Å². The van der Waals surface area contributed by atoms with Crippen LogP contribution in [0.25, 0.3) is 0 Å². The zero-order valence-electron chi connectivity index (χ0n) is 11.8. The van der Waals surface area contributed by atoms with E-state index in [1.54, 1.807) is 12.1 Å². The molecule has 1 N–H and O–H groups in total. The number of nitrogens with zero attached hydrogens (tertiary/aromatic N) is 1. The number of anilines is 1. The van der Waals surface area contributed by atoms with E-state index < -0.39 is 5.97 Å². The summed E-state index contributed by atoms with van der Waals surface area (Å²) >= 11 is 0. The molecule has 2 aromatic carbocycles. The third-order valence-electron chi connectivity index (χ3n) is 3.75. The third-order valence-corrected chi connectivity index (χ3v) is 3.75. The maximum absolute atomic E-state index is 11.1. The molecule has 0 unspecified atom stereocenters. The Labute approximate surface area is 123 Å². The van der Waals surface area contributed by atoms with E-state index in [2.05, 4.69) is 24.0 Å². The van der Waals surface area contributed by atoms with Gasteiger partial charge in [0.15, 0.2) is 0 Å². The molecule has 1 aliphatic heterocycles. The molecule has 0 aromatic heterocycles. The zero-order chi connectivity index (χ0) is 14.8. The van der Waals surface area contributed by atoms with Crippen LogP contribution in [0.1, 0.15) is 22.8 Å². The van der Waals surface area contributed by atoms with Crippen LogP contribution in [-0.2, 0) is 6.54 Å². The Morgan fingerprint density at radius 3 is 2.71 bits per heavy atom. The predicted octanol–water partition coefficient (Wildman–Crippen LogP) is 3.17. The van der Waals surface area contributed by atoms with E-state index in [0.29, 0.717) is 18.9 Å². The molecule has 3 rings (SSSR count). The van der Waals surface area contributed by atoms with Gasteiger partial charge in [-0.25, -0.2) is 4.79 Å². The topological polar surface area (TPSA) is 49.8 Å². The summed E-state index contributed by atoms with van der Waals surface area (Å²) in [6.45, 7) is 3.35. The molecule has 108 valence electrons. The number of fused-ring (bicyclic) bond motifs is 1. The molecular formula is C17H17NO3. The zero-order valence-corrected chi connectivity index (χ0v) is 11.8. The lowest BCUT2D eigenvalue weighted by Gasteiger charge is -2.28. The molecule has 0 saturated carbocycles. The molecule has 0 aliphatic carbocycles. The van der Waals surface area contributed by atoms with Crippen molar-refractivity contribution in [2.45, 2.75) is 19.5 Å². The largest absolute Gasteiger partial charge is 0.491 e. The summed E-state index contributed by atoms with van der Waals surface area (Å²) in [5, 5.41) is 9.07. The van der Waals surface area contributed by atoms with Crippen molar-refractivity contribution in [1.82, 2.24) is 0 Å². The van der Waals surface area contributed by atoms with E-state index >= 15 is 0 Å². The summed E-state index contributed by atoms with van der Waals surface area (Å²) in [6, 6.07) is 15.5. The number of carboxylic acid groups (broad SMARTS) is 1. The van der Waals surface area contributed by atoms with Gasteiger partial charge in [0.25, 0.3) is 0 Å². The first-order valence-corrected chi connectivity index (χ1v) is 6.96. The molecule has 0 bridgehead atoms. The van der Waals surface area contributed by atoms with E-state index in [-0.39, 0.29) is 11.6 Å². The fraction of sp³-hybridized carbons (Fsp3) is 0.235. The van der Waals surface area contributed by atoms with Crippen LogP contribution in [0.2, 0.25) is 0 Å². The Kier molecular flexibility index (Phi) is 3.52. The van der Waals surface area contributed by atoms with Gasteiger partial charge in [0, 0.05) is 17.8 Å². The van der Waals surface area contributed by atoms with E-state index in [9.17, 15) is 4.79 Å². The van der Waals surface area contributed by atoms with E-state index in [0.717, 1.165) is 11.3 Å². The molecule has 0 amide bonds. The van der Waals surface area contributed by atoms with Crippen molar-refractivity contribution in [1.29, 1.82) is 0 Å². The number of hydrogen-bond donors (Lipinski definition) is 1. The van der Waals surface area contributed by atoms with Crippen molar-refractivity contribution in [3.05, 3.63) is 59.7 Å². The van der Waals surface area contributed by atoms with E-state index in [4.69, 9.17) is 9.84 Å². The van der Waals surface area contributed by atoms with E-state index in [1.165, 1.54) is 0 Å². The Balaban J connectivity index is 1.95. The van der Waals surface area contributed by atoms with Gasteiger partial charge in [-0.15, -0.1) is 0 Å². The number of carbonyl (C=O) groups is 1. The minimum atomic E-state index is -0.932. The van der Waals surface area contributed by atoms with Gasteiger partial charge in [0.05, 0.1) is 11.6 Å². The van der Waals surface area contributed by atoms with Gasteiger partial charge in [-0.2, -0.15) is 0 Å². The van der Waals surface area contributed by atoms with Gasteiger partial charge in [-0.1, -0.05) is 24.3 Å². The molecule has 4 heteroatoms. The highest BCUT2D eigenvalue weighted by atomic mass is 16.5. The van der Waals surface area contributed by atoms with Gasteiger partial charge in [0.2, 0.25) is 0 Å². The molecular weight excluding hydrogens is 266 g/mol. The molecule has 0 radical (unpaired) electrons. The van der Waals surface area contributed by atoms with Crippen molar-refractivity contribution >= 4 is 11.7 Å². The standard InChI is InChI=1S/C17H17NO3/c1-12-11-21-16-9-13(17(19)20)7-8-14(16)10-18(12)15-5-3-2-4-6-15/h2-9,12H,10-11H2,1H3,(H,19,20)/t12-/m0/s1. The number of carboxylic acids is 1. The van der Waals surface area contributed by atoms with Crippen LogP contribution in [0.3, 0.4) is 0 Å². The minimum absolute atomic E-state index is 0.216. The highest BCUT2D eigenvalue weighted by molar-refractivity contribution is 5.88. The lowest BCUT2D eigenvalue weighted by atomic mass is 10.1. The van der Waals surface area contributed by atoms with E-state index in [1.807, 2.05) is 24.3 Å². The molecule has 2 aromatic rings. The van der Waals surface area contributed by atoms with Crippen LogP contribution in [0.15, 0.2) is 48.5 Å². The second-order valence-corrected chi connectivity index (χ2v) is 5.25. The summed E-state index contributed by atoms with van der Waals surface area (Å²) in [7, 11) is 0. The van der Waals surface area contributed by atoms with Gasteiger partial charge in [-0.05, 0) is 31.2 Å². The van der Waals surface area contributed by atoms with Gasteiger partial charge in [-0.3, -0.25) is 0 Å². The maximum atomic E-state index is 11.1. The fourth-order valence-corrected chi connectivity index (χ4v) is 2.56. The monoisotopic (exact) mass is 283 g/mol. The average Bonchev–Trinajstić information content (AvgIpc) is 2.67. The predicted molar refractivity (Wildman–Crippen MR) is 81.0 cm³/mol. The Morgan fingerprint density at radius 1 is 1.24 bits per heavy atom. The van der Waals surface area contributed by atoms with Gasteiger partial charge < -0.3 is 14.7 Å². The summed E-state index contributed by atoms with van der Waals surface area (Å²) < 4.78 is 5.80. The molecule has 0 spiro atoms. The van der Waals surface area contributed by atoms with Gasteiger partial charge in [0.1, 0.15) is 12.4 Å². The number of hydrogen-bond acceptors (Lipinski definition) is 3. The van der Waals surface area contributed by atoms with Crippen molar-refractivity contribution in [3.8, 4) is 5.75 Å². The van der Waals surface area contributed by atoms with Crippen LogP contribution >= 0.6 is 0 Å². The number of rotatable bonds is 2. The Hall–Kier alpha value is -2.49. The first kappa shape index (κ1) is 13.5. The van der Waals surface area contributed by atoms with Crippen molar-refractivity contribution in [2.24, 2.45) is 0 Å². The van der Waals surface area contributed by atoms with Crippen molar-refractivity contribution < 1.29 is 14.6 Å². The Morgan fingerprint density at radius 2 is 2.00 bits per heavy atom. The second-order valence-electron chi connectivity index (χ2n) is 5.25. The molecule has 21 heavy (non-hydrogen) atoms. The average molecular weight is 283 g/mol. The third kappa shape index (κ3) is 2.70.